The van der Waals surface area contributed by atoms with Gasteiger partial charge in [0, 0.05) is 23.1 Å². The number of H-pyrrole nitrogens is 1. The van der Waals surface area contributed by atoms with Gasteiger partial charge in [-0.15, -0.1) is 0 Å². The summed E-state index contributed by atoms with van der Waals surface area (Å²) in [5.74, 6) is -0.165. The lowest BCUT2D eigenvalue weighted by Gasteiger charge is -2.09. The van der Waals surface area contributed by atoms with Crippen molar-refractivity contribution in [2.75, 3.05) is 18.5 Å². The Hall–Kier alpha value is -4.40. The van der Waals surface area contributed by atoms with Crippen molar-refractivity contribution in [1.82, 2.24) is 19.9 Å². The van der Waals surface area contributed by atoms with Crippen molar-refractivity contribution in [3.05, 3.63) is 77.5 Å². The number of hydrogen-bond acceptors (Lipinski definition) is 5. The molecule has 0 spiro atoms. The highest BCUT2D eigenvalue weighted by Crippen LogP contribution is 2.30. The van der Waals surface area contributed by atoms with Crippen LogP contribution in [0.2, 0.25) is 0 Å². The zero-order valence-corrected chi connectivity index (χ0v) is 18.9. The van der Waals surface area contributed by atoms with E-state index >= 15 is 0 Å². The number of nitrogens with one attached hydrogen (secondary N) is 3. The molecule has 0 aliphatic carbocycles. The number of para-hydroxylation sites is 1. The third-order valence-corrected chi connectivity index (χ3v) is 5.04. The molecule has 0 saturated carbocycles. The lowest BCUT2D eigenvalue weighted by atomic mass is 10.1. The Morgan fingerprint density at radius 2 is 1.82 bits per heavy atom. The largest absolute Gasteiger partial charge is 0.449 e. The number of nitrogens with zero attached hydrogens (tertiary/aromatic N) is 2. The van der Waals surface area contributed by atoms with E-state index in [0.717, 1.165) is 16.8 Å². The van der Waals surface area contributed by atoms with Crippen molar-refractivity contribution in [1.29, 1.82) is 0 Å². The standard InChI is InChI=1S/C25H25N5O4/c1-16(2)14-34-25(33)26-12-21(31)29-18-10-8-17(9-11-18)20-13-30(19-6-4-3-5-7-19)23-22(20)24(32)28-15-27-23/h3-11,13,15-16H,12,14H2,1-2H3,(H,26,33)(H,29,31)(H,27,28,32). The van der Waals surface area contributed by atoms with Crippen LogP contribution < -0.4 is 16.2 Å². The highest BCUT2D eigenvalue weighted by Gasteiger charge is 2.16. The van der Waals surface area contributed by atoms with Crippen molar-refractivity contribution in [2.24, 2.45) is 5.92 Å². The molecule has 34 heavy (non-hydrogen) atoms. The maximum atomic E-state index is 12.6. The van der Waals surface area contributed by atoms with Crippen LogP contribution in [0.15, 0.2) is 71.9 Å². The van der Waals surface area contributed by atoms with Gasteiger partial charge < -0.3 is 24.9 Å². The third kappa shape index (κ3) is 5.15. The van der Waals surface area contributed by atoms with Crippen molar-refractivity contribution in [3.63, 3.8) is 0 Å². The van der Waals surface area contributed by atoms with Gasteiger partial charge in [0.1, 0.15) is 6.54 Å². The van der Waals surface area contributed by atoms with E-state index in [1.165, 1.54) is 6.33 Å². The van der Waals surface area contributed by atoms with Crippen molar-refractivity contribution >= 4 is 28.7 Å². The summed E-state index contributed by atoms with van der Waals surface area (Å²) >= 11 is 0. The molecule has 2 aromatic carbocycles. The van der Waals surface area contributed by atoms with Gasteiger partial charge in [0.05, 0.1) is 18.3 Å². The topological polar surface area (TPSA) is 118 Å². The number of anilines is 1. The molecule has 2 heterocycles. The molecule has 174 valence electrons. The van der Waals surface area contributed by atoms with E-state index < -0.39 is 6.09 Å². The first-order valence-corrected chi connectivity index (χ1v) is 10.9. The smallest absolute Gasteiger partial charge is 0.407 e. The minimum Gasteiger partial charge on any atom is -0.449 e. The molecule has 0 radical (unpaired) electrons. The zero-order valence-electron chi connectivity index (χ0n) is 18.9. The normalized spacial score (nSPS) is 10.9. The number of benzene rings is 2. The molecule has 0 atom stereocenters. The molecule has 0 saturated heterocycles. The van der Waals surface area contributed by atoms with Gasteiger partial charge >= 0.3 is 6.09 Å². The number of fused-ring (bicyclic) bond motifs is 1. The van der Waals surface area contributed by atoms with Gasteiger partial charge in [0.2, 0.25) is 5.91 Å². The predicted octanol–water partition coefficient (Wildman–Crippen LogP) is 3.70. The van der Waals surface area contributed by atoms with E-state index in [9.17, 15) is 14.4 Å². The summed E-state index contributed by atoms with van der Waals surface area (Å²) < 4.78 is 6.86. The summed E-state index contributed by atoms with van der Waals surface area (Å²) in [5.41, 5.74) is 3.29. The summed E-state index contributed by atoms with van der Waals surface area (Å²) in [6.45, 7) is 3.93. The van der Waals surface area contributed by atoms with Crippen molar-refractivity contribution < 1.29 is 14.3 Å². The Bertz CT molecular complexity index is 1360. The van der Waals surface area contributed by atoms with Crippen molar-refractivity contribution in [2.45, 2.75) is 13.8 Å². The molecule has 0 aliphatic rings. The van der Waals surface area contributed by atoms with E-state index in [0.29, 0.717) is 16.7 Å². The monoisotopic (exact) mass is 459 g/mol. The van der Waals surface area contributed by atoms with Crippen molar-refractivity contribution in [3.8, 4) is 16.8 Å². The number of hydrogen-bond donors (Lipinski definition) is 3. The second-order valence-electron chi connectivity index (χ2n) is 8.15. The molecule has 9 nitrogen and oxygen atoms in total. The molecule has 9 heteroatoms. The summed E-state index contributed by atoms with van der Waals surface area (Å²) in [6.07, 6.45) is 2.63. The minimum absolute atomic E-state index is 0.204. The highest BCUT2D eigenvalue weighted by molar-refractivity contribution is 5.96. The number of aromatic nitrogens is 3. The van der Waals surface area contributed by atoms with Crippen LogP contribution in [0.1, 0.15) is 13.8 Å². The van der Waals surface area contributed by atoms with Gasteiger partial charge in [-0.05, 0) is 35.7 Å². The van der Waals surface area contributed by atoms with Gasteiger partial charge in [-0.1, -0.05) is 44.2 Å². The fraction of sp³-hybridized carbons (Fsp3) is 0.200. The van der Waals surface area contributed by atoms with Gasteiger partial charge in [-0.3, -0.25) is 9.59 Å². The summed E-state index contributed by atoms with van der Waals surface area (Å²) in [6, 6.07) is 16.8. The van der Waals surface area contributed by atoms with E-state index in [2.05, 4.69) is 20.6 Å². The fourth-order valence-electron chi connectivity index (χ4n) is 3.46. The van der Waals surface area contributed by atoms with Crippen LogP contribution in [0.5, 0.6) is 0 Å². The maximum Gasteiger partial charge on any atom is 0.407 e. The lowest BCUT2D eigenvalue weighted by molar-refractivity contribution is -0.115. The first-order valence-electron chi connectivity index (χ1n) is 10.9. The molecular formula is C25H25N5O4. The summed E-state index contributed by atoms with van der Waals surface area (Å²) in [4.78, 5) is 43.4. The molecule has 0 fully saturated rings. The number of alkyl carbamates (subject to hydrolysis) is 1. The highest BCUT2D eigenvalue weighted by atomic mass is 16.5. The second kappa shape index (κ2) is 10.0. The Kier molecular flexibility index (Phi) is 6.72. The average Bonchev–Trinajstić information content (AvgIpc) is 3.23. The van der Waals surface area contributed by atoms with Crippen LogP contribution in [0.3, 0.4) is 0 Å². The first-order chi connectivity index (χ1) is 16.4. The third-order valence-electron chi connectivity index (χ3n) is 5.04. The maximum absolute atomic E-state index is 12.6. The van der Waals surface area contributed by atoms with Crippen LogP contribution in [0.4, 0.5) is 10.5 Å². The van der Waals surface area contributed by atoms with Gasteiger partial charge in [-0.2, -0.15) is 0 Å². The molecule has 0 bridgehead atoms. The van der Waals surface area contributed by atoms with E-state index in [-0.39, 0.29) is 30.5 Å². The second-order valence-corrected chi connectivity index (χ2v) is 8.15. The van der Waals surface area contributed by atoms with Crippen LogP contribution in [0.25, 0.3) is 27.8 Å². The average molecular weight is 460 g/mol. The number of aromatic amines is 1. The molecule has 0 aliphatic heterocycles. The predicted molar refractivity (Wildman–Crippen MR) is 130 cm³/mol. The van der Waals surface area contributed by atoms with E-state index in [1.807, 2.05) is 67.1 Å². The first kappa shape index (κ1) is 22.8. The van der Waals surface area contributed by atoms with Gasteiger partial charge in [-0.25, -0.2) is 9.78 Å². The number of carbonyl (C=O) groups is 2. The van der Waals surface area contributed by atoms with E-state index in [4.69, 9.17) is 4.74 Å². The Morgan fingerprint density at radius 3 is 2.53 bits per heavy atom. The molecule has 0 unspecified atom stereocenters. The van der Waals surface area contributed by atoms with Gasteiger partial charge in [0.15, 0.2) is 5.65 Å². The SMILES string of the molecule is CC(C)COC(=O)NCC(=O)Nc1ccc(-c2cn(-c3ccccc3)c3nc[nH]c(=O)c23)cc1. The Morgan fingerprint density at radius 1 is 1.09 bits per heavy atom. The quantitative estimate of drug-likeness (QED) is 0.389. The number of ether oxygens (including phenoxy) is 1. The van der Waals surface area contributed by atoms with Crippen LogP contribution in [-0.4, -0.2) is 39.7 Å². The minimum atomic E-state index is -0.632. The number of amides is 2. The summed E-state index contributed by atoms with van der Waals surface area (Å²) in [5, 5.41) is 5.62. The molecule has 2 amide bonds. The molecule has 4 aromatic rings. The molecule has 3 N–H and O–H groups in total. The Labute approximate surface area is 195 Å². The van der Waals surface area contributed by atoms with E-state index in [1.54, 1.807) is 12.1 Å². The number of rotatable bonds is 7. The Balaban J connectivity index is 1.51. The summed E-state index contributed by atoms with van der Waals surface area (Å²) in [7, 11) is 0. The molecule has 2 aromatic heterocycles. The fourth-order valence-corrected chi connectivity index (χ4v) is 3.46. The lowest BCUT2D eigenvalue weighted by Crippen LogP contribution is -2.33. The van der Waals surface area contributed by atoms with Crippen LogP contribution >= 0.6 is 0 Å². The molecule has 4 rings (SSSR count). The molecular weight excluding hydrogens is 434 g/mol. The zero-order chi connectivity index (χ0) is 24.1. The van der Waals surface area contributed by atoms with Gasteiger partial charge in [0.25, 0.3) is 5.56 Å². The number of carbonyl (C=O) groups excluding carboxylic acids is 2. The van der Waals surface area contributed by atoms with Crippen LogP contribution in [0, 0.1) is 5.92 Å². The van der Waals surface area contributed by atoms with Crippen LogP contribution in [-0.2, 0) is 9.53 Å².